The fourth-order valence-corrected chi connectivity index (χ4v) is 2.27. The topological polar surface area (TPSA) is 76.7 Å². The Morgan fingerprint density at radius 3 is 2.42 bits per heavy atom. The van der Waals surface area contributed by atoms with Crippen molar-refractivity contribution >= 4 is 34.8 Å². The Hall–Kier alpha value is -2.87. The molecule has 0 aliphatic carbocycles. The van der Waals surface area contributed by atoms with Crippen molar-refractivity contribution in [1.29, 1.82) is 0 Å². The average molecular weight is 385 g/mol. The number of benzene rings is 2. The van der Waals surface area contributed by atoms with Crippen molar-refractivity contribution in [1.82, 2.24) is 0 Å². The summed E-state index contributed by atoms with van der Waals surface area (Å²) in [7, 11) is 1.29. The summed E-state index contributed by atoms with van der Waals surface area (Å²) in [5, 5.41) is 5.36. The molecule has 0 radical (unpaired) electrons. The molecule has 138 valence electrons. The van der Waals surface area contributed by atoms with Crippen LogP contribution < -0.4 is 20.1 Å². The second-order valence-electron chi connectivity index (χ2n) is 5.07. The largest absolute Gasteiger partial charge is 0.493 e. The number of methoxy groups -OCH3 is 1. The maximum atomic E-state index is 12.5. The smallest absolute Gasteiger partial charge is 0.387 e. The number of hydrogen-bond donors (Lipinski definition) is 2. The lowest BCUT2D eigenvalue weighted by molar-refractivity contribution is -0.114. The number of ether oxygens (including phenoxy) is 2. The predicted molar refractivity (Wildman–Crippen MR) is 93.3 cm³/mol. The predicted octanol–water partition coefficient (Wildman–Crippen LogP) is 4.16. The molecule has 2 aromatic rings. The van der Waals surface area contributed by atoms with Gasteiger partial charge in [0.1, 0.15) is 0 Å². The molecule has 0 aliphatic heterocycles. The summed E-state index contributed by atoms with van der Waals surface area (Å²) in [5.41, 5.74) is 0.742. The standard InChI is InChI=1S/C17H15ClF2N2O4/c1-9(23)21-11-4-5-12(18)13(8-11)22-16(24)10-3-6-14(25-2)15(7-10)26-17(19)20/h3-8,17H,1-2H3,(H,21,23)(H,22,24). The van der Waals surface area contributed by atoms with Gasteiger partial charge in [-0.1, -0.05) is 11.6 Å². The molecule has 0 atom stereocenters. The Balaban J connectivity index is 2.26. The zero-order valence-electron chi connectivity index (χ0n) is 13.8. The number of carbonyl (C=O) groups excluding carboxylic acids is 2. The van der Waals surface area contributed by atoms with E-state index in [-0.39, 0.29) is 33.7 Å². The molecule has 6 nitrogen and oxygen atoms in total. The summed E-state index contributed by atoms with van der Waals surface area (Å²) in [6, 6.07) is 8.40. The normalized spacial score (nSPS) is 10.4. The molecular weight excluding hydrogens is 370 g/mol. The minimum Gasteiger partial charge on any atom is -0.493 e. The lowest BCUT2D eigenvalue weighted by Gasteiger charge is -2.13. The van der Waals surface area contributed by atoms with Crippen LogP contribution in [0.3, 0.4) is 0 Å². The van der Waals surface area contributed by atoms with Crippen molar-refractivity contribution in [3.63, 3.8) is 0 Å². The van der Waals surface area contributed by atoms with Crippen LogP contribution in [0.4, 0.5) is 20.2 Å². The molecule has 9 heteroatoms. The first-order valence-corrected chi connectivity index (χ1v) is 7.69. The molecule has 2 amide bonds. The van der Waals surface area contributed by atoms with Crippen molar-refractivity contribution in [2.75, 3.05) is 17.7 Å². The lowest BCUT2D eigenvalue weighted by Crippen LogP contribution is -2.14. The molecule has 0 spiro atoms. The van der Waals surface area contributed by atoms with Gasteiger partial charge in [-0.3, -0.25) is 9.59 Å². The second kappa shape index (κ2) is 8.48. The first kappa shape index (κ1) is 19.5. The van der Waals surface area contributed by atoms with Gasteiger partial charge < -0.3 is 20.1 Å². The van der Waals surface area contributed by atoms with Crippen molar-refractivity contribution in [3.8, 4) is 11.5 Å². The van der Waals surface area contributed by atoms with Gasteiger partial charge in [0.25, 0.3) is 5.91 Å². The van der Waals surface area contributed by atoms with Crippen LogP contribution in [0.5, 0.6) is 11.5 Å². The highest BCUT2D eigenvalue weighted by molar-refractivity contribution is 6.34. The van der Waals surface area contributed by atoms with E-state index in [0.29, 0.717) is 5.69 Å². The van der Waals surface area contributed by atoms with Crippen LogP contribution >= 0.6 is 11.6 Å². The quantitative estimate of drug-likeness (QED) is 0.784. The molecule has 0 saturated carbocycles. The molecule has 0 heterocycles. The van der Waals surface area contributed by atoms with E-state index in [9.17, 15) is 18.4 Å². The third kappa shape index (κ3) is 5.06. The minimum absolute atomic E-state index is 0.0578. The van der Waals surface area contributed by atoms with Gasteiger partial charge in [-0.15, -0.1) is 0 Å². The van der Waals surface area contributed by atoms with Crippen LogP contribution in [-0.2, 0) is 4.79 Å². The summed E-state index contributed by atoms with van der Waals surface area (Å²) in [6.45, 7) is -1.72. The summed E-state index contributed by atoms with van der Waals surface area (Å²) < 4.78 is 34.2. The van der Waals surface area contributed by atoms with Gasteiger partial charge in [0.2, 0.25) is 5.91 Å². The summed E-state index contributed by atoms with van der Waals surface area (Å²) in [4.78, 5) is 23.5. The number of anilines is 2. The van der Waals surface area contributed by atoms with E-state index >= 15 is 0 Å². The maximum absolute atomic E-state index is 12.5. The van der Waals surface area contributed by atoms with Crippen molar-refractivity contribution in [2.45, 2.75) is 13.5 Å². The first-order valence-electron chi connectivity index (χ1n) is 7.31. The summed E-state index contributed by atoms with van der Waals surface area (Å²) in [5.74, 6) is -1.09. The molecular formula is C17H15ClF2N2O4. The number of rotatable bonds is 6. The van der Waals surface area contributed by atoms with Gasteiger partial charge in [-0.25, -0.2) is 0 Å². The first-order chi connectivity index (χ1) is 12.3. The molecule has 2 N–H and O–H groups in total. The number of nitrogens with one attached hydrogen (secondary N) is 2. The van der Waals surface area contributed by atoms with Crippen molar-refractivity contribution < 1.29 is 27.8 Å². The fourth-order valence-electron chi connectivity index (χ4n) is 2.10. The molecule has 26 heavy (non-hydrogen) atoms. The van der Waals surface area contributed by atoms with E-state index in [2.05, 4.69) is 15.4 Å². The van der Waals surface area contributed by atoms with E-state index in [1.165, 1.54) is 38.3 Å². The van der Waals surface area contributed by atoms with E-state index in [4.69, 9.17) is 16.3 Å². The molecule has 0 saturated heterocycles. The van der Waals surface area contributed by atoms with Gasteiger partial charge in [-0.05, 0) is 36.4 Å². The number of carbonyl (C=O) groups is 2. The molecule has 0 bridgehead atoms. The monoisotopic (exact) mass is 384 g/mol. The van der Waals surface area contributed by atoms with E-state index in [1.807, 2.05) is 0 Å². The van der Waals surface area contributed by atoms with Gasteiger partial charge in [0, 0.05) is 18.2 Å². The number of amides is 2. The van der Waals surface area contributed by atoms with Crippen LogP contribution in [0.2, 0.25) is 5.02 Å². The van der Waals surface area contributed by atoms with Gasteiger partial charge in [0.05, 0.1) is 17.8 Å². The third-order valence-corrected chi connectivity index (χ3v) is 3.51. The Bertz CT molecular complexity index is 830. The highest BCUT2D eigenvalue weighted by Gasteiger charge is 2.16. The fraction of sp³-hybridized carbons (Fsp3) is 0.176. The van der Waals surface area contributed by atoms with Crippen molar-refractivity contribution in [3.05, 3.63) is 47.0 Å². The number of hydrogen-bond acceptors (Lipinski definition) is 4. The van der Waals surface area contributed by atoms with Crippen LogP contribution in [0.25, 0.3) is 0 Å². The SMILES string of the molecule is COc1ccc(C(=O)Nc2cc(NC(C)=O)ccc2Cl)cc1OC(F)F. The lowest BCUT2D eigenvalue weighted by atomic mass is 10.1. The Kier molecular flexibility index (Phi) is 6.35. The van der Waals surface area contributed by atoms with Gasteiger partial charge >= 0.3 is 6.61 Å². The second-order valence-corrected chi connectivity index (χ2v) is 5.48. The number of alkyl halides is 2. The van der Waals surface area contributed by atoms with Crippen LogP contribution in [0.1, 0.15) is 17.3 Å². The van der Waals surface area contributed by atoms with Gasteiger partial charge in [0.15, 0.2) is 11.5 Å². The maximum Gasteiger partial charge on any atom is 0.387 e. The van der Waals surface area contributed by atoms with Crippen molar-refractivity contribution in [2.24, 2.45) is 0 Å². The minimum atomic E-state index is -3.06. The van der Waals surface area contributed by atoms with E-state index in [1.54, 1.807) is 6.07 Å². The zero-order valence-corrected chi connectivity index (χ0v) is 14.6. The van der Waals surface area contributed by atoms with Crippen LogP contribution in [-0.4, -0.2) is 25.5 Å². The Morgan fingerprint density at radius 1 is 1.08 bits per heavy atom. The third-order valence-electron chi connectivity index (χ3n) is 3.18. The van der Waals surface area contributed by atoms with Crippen LogP contribution in [0.15, 0.2) is 36.4 Å². The Morgan fingerprint density at radius 2 is 1.81 bits per heavy atom. The summed E-state index contributed by atoms with van der Waals surface area (Å²) >= 11 is 6.04. The molecule has 0 aliphatic rings. The molecule has 0 unspecified atom stereocenters. The Labute approximate surface area is 153 Å². The average Bonchev–Trinajstić information content (AvgIpc) is 2.56. The van der Waals surface area contributed by atoms with E-state index < -0.39 is 12.5 Å². The zero-order chi connectivity index (χ0) is 19.3. The molecule has 0 aromatic heterocycles. The highest BCUT2D eigenvalue weighted by Crippen LogP contribution is 2.31. The molecule has 2 aromatic carbocycles. The van der Waals surface area contributed by atoms with Crippen LogP contribution in [0, 0.1) is 0 Å². The number of halogens is 3. The summed E-state index contributed by atoms with van der Waals surface area (Å²) in [6.07, 6.45) is 0. The van der Waals surface area contributed by atoms with E-state index in [0.717, 1.165) is 6.07 Å². The van der Waals surface area contributed by atoms with Gasteiger partial charge in [-0.2, -0.15) is 8.78 Å². The highest BCUT2D eigenvalue weighted by atomic mass is 35.5. The molecule has 0 fully saturated rings. The molecule has 2 rings (SSSR count).